The number of aryl methyl sites for hydroxylation is 1. The van der Waals surface area contributed by atoms with Crippen LogP contribution in [0.3, 0.4) is 0 Å². The summed E-state index contributed by atoms with van der Waals surface area (Å²) in [6, 6.07) is -0.0746. The normalized spacial score (nSPS) is 12.3. The summed E-state index contributed by atoms with van der Waals surface area (Å²) >= 11 is 0. The van der Waals surface area contributed by atoms with E-state index < -0.39 is 11.9 Å². The molecule has 0 saturated heterocycles. The van der Waals surface area contributed by atoms with E-state index in [-0.39, 0.29) is 17.3 Å². The van der Waals surface area contributed by atoms with Crippen LogP contribution < -0.4 is 5.32 Å². The van der Waals surface area contributed by atoms with Gasteiger partial charge in [-0.3, -0.25) is 9.48 Å². The Balaban J connectivity index is 2.63. The van der Waals surface area contributed by atoms with Crippen molar-refractivity contribution in [3.05, 3.63) is 17.5 Å². The highest BCUT2D eigenvalue weighted by Gasteiger charge is 2.22. The van der Waals surface area contributed by atoms with Crippen molar-refractivity contribution in [2.24, 2.45) is 7.05 Å². The first kappa shape index (κ1) is 22.2. The molecule has 26 heavy (non-hydrogen) atoms. The van der Waals surface area contributed by atoms with Gasteiger partial charge in [0.2, 0.25) is 0 Å². The Bertz CT molecular complexity index is 561. The minimum atomic E-state index is -1.14. The van der Waals surface area contributed by atoms with Crippen LogP contribution in [0.4, 0.5) is 0 Å². The molecule has 1 atom stereocenters. The number of aromatic carboxylic acids is 1. The first-order valence-corrected chi connectivity index (χ1v) is 9.69. The summed E-state index contributed by atoms with van der Waals surface area (Å²) in [5.74, 6) is -1.57. The van der Waals surface area contributed by atoms with E-state index in [9.17, 15) is 14.7 Å². The molecule has 0 fully saturated rings. The van der Waals surface area contributed by atoms with Crippen LogP contribution in [0.25, 0.3) is 0 Å². The molecule has 0 aliphatic carbocycles. The van der Waals surface area contributed by atoms with Gasteiger partial charge in [-0.05, 0) is 32.9 Å². The lowest BCUT2D eigenvalue weighted by Crippen LogP contribution is -2.43. The zero-order valence-corrected chi connectivity index (χ0v) is 16.6. The molecule has 0 spiro atoms. The van der Waals surface area contributed by atoms with Gasteiger partial charge < -0.3 is 15.3 Å². The summed E-state index contributed by atoms with van der Waals surface area (Å²) in [7, 11) is 1.61. The van der Waals surface area contributed by atoms with Crippen molar-refractivity contribution in [2.75, 3.05) is 19.6 Å². The average Bonchev–Trinajstić information content (AvgIpc) is 2.97. The molecular weight excluding hydrogens is 332 g/mol. The summed E-state index contributed by atoms with van der Waals surface area (Å²) in [5.41, 5.74) is -0.102. The van der Waals surface area contributed by atoms with Gasteiger partial charge in [0.1, 0.15) is 5.56 Å². The summed E-state index contributed by atoms with van der Waals surface area (Å²) in [6.07, 6.45) is 8.46. The molecule has 148 valence electrons. The third-order valence-electron chi connectivity index (χ3n) is 4.34. The summed E-state index contributed by atoms with van der Waals surface area (Å²) in [6.45, 7) is 9.15. The lowest BCUT2D eigenvalue weighted by Gasteiger charge is -2.26. The minimum absolute atomic E-state index is 0.0321. The van der Waals surface area contributed by atoms with Crippen LogP contribution >= 0.6 is 0 Å². The summed E-state index contributed by atoms with van der Waals surface area (Å²) in [5, 5.41) is 16.1. The molecular formula is C19H34N4O3. The fraction of sp³-hybridized carbons (Fsp3) is 0.737. The number of hydrogen-bond donors (Lipinski definition) is 2. The third-order valence-corrected chi connectivity index (χ3v) is 4.34. The number of carboxylic acids is 1. The van der Waals surface area contributed by atoms with Crippen molar-refractivity contribution in [3.63, 3.8) is 0 Å². The predicted octanol–water partition coefficient (Wildman–Crippen LogP) is 2.92. The van der Waals surface area contributed by atoms with Gasteiger partial charge in [0.05, 0.1) is 0 Å². The van der Waals surface area contributed by atoms with E-state index >= 15 is 0 Å². The van der Waals surface area contributed by atoms with E-state index in [1.54, 1.807) is 7.05 Å². The molecule has 2 N–H and O–H groups in total. The van der Waals surface area contributed by atoms with Gasteiger partial charge in [-0.2, -0.15) is 5.10 Å². The van der Waals surface area contributed by atoms with Crippen LogP contribution in [0.1, 0.15) is 80.1 Å². The average molecular weight is 367 g/mol. The van der Waals surface area contributed by atoms with Gasteiger partial charge in [-0.15, -0.1) is 0 Å². The molecule has 1 heterocycles. The van der Waals surface area contributed by atoms with Crippen LogP contribution in [-0.4, -0.2) is 57.3 Å². The Hall–Kier alpha value is -1.89. The molecule has 0 saturated carbocycles. The molecule has 1 unspecified atom stereocenters. The number of carbonyl (C=O) groups excluding carboxylic acids is 1. The SMILES string of the molecule is CCCCCN(CCCCC)CC(C)NC(=O)c1nn(C)cc1C(=O)O. The monoisotopic (exact) mass is 366 g/mol. The molecule has 1 aromatic rings. The number of carboxylic acid groups (broad SMARTS) is 1. The van der Waals surface area contributed by atoms with Gasteiger partial charge in [0.25, 0.3) is 5.91 Å². The van der Waals surface area contributed by atoms with Crippen molar-refractivity contribution in [1.82, 2.24) is 20.0 Å². The maximum Gasteiger partial charge on any atom is 0.339 e. The van der Waals surface area contributed by atoms with Crippen LogP contribution in [0.15, 0.2) is 6.20 Å². The first-order valence-electron chi connectivity index (χ1n) is 9.69. The molecule has 0 radical (unpaired) electrons. The Morgan fingerprint density at radius 2 is 1.77 bits per heavy atom. The largest absolute Gasteiger partial charge is 0.478 e. The maximum absolute atomic E-state index is 12.4. The number of aromatic nitrogens is 2. The molecule has 0 bridgehead atoms. The van der Waals surface area contributed by atoms with Crippen molar-refractivity contribution >= 4 is 11.9 Å². The standard InChI is InChI=1S/C19H34N4O3/c1-5-7-9-11-23(12-10-8-6-2)13-15(3)20-18(24)17-16(19(25)26)14-22(4)21-17/h14-15H,5-13H2,1-4H3,(H,20,24)(H,25,26). The number of amides is 1. The second kappa shape index (κ2) is 11.7. The van der Waals surface area contributed by atoms with Gasteiger partial charge in [0, 0.05) is 25.8 Å². The van der Waals surface area contributed by atoms with Crippen molar-refractivity contribution in [3.8, 4) is 0 Å². The van der Waals surface area contributed by atoms with Crippen molar-refractivity contribution in [2.45, 2.75) is 65.3 Å². The van der Waals surface area contributed by atoms with Crippen LogP contribution in [0.2, 0.25) is 0 Å². The predicted molar refractivity (Wildman–Crippen MR) is 103 cm³/mol. The van der Waals surface area contributed by atoms with Crippen LogP contribution in [0, 0.1) is 0 Å². The lowest BCUT2D eigenvalue weighted by atomic mass is 10.2. The fourth-order valence-corrected chi connectivity index (χ4v) is 3.00. The van der Waals surface area contributed by atoms with E-state index in [2.05, 4.69) is 29.2 Å². The van der Waals surface area contributed by atoms with Crippen LogP contribution in [0.5, 0.6) is 0 Å². The van der Waals surface area contributed by atoms with Crippen LogP contribution in [-0.2, 0) is 7.05 Å². The third kappa shape index (κ3) is 7.56. The fourth-order valence-electron chi connectivity index (χ4n) is 3.00. The molecule has 0 aliphatic heterocycles. The van der Waals surface area contributed by atoms with Gasteiger partial charge in [-0.1, -0.05) is 39.5 Å². The smallest absolute Gasteiger partial charge is 0.339 e. The topological polar surface area (TPSA) is 87.5 Å². The lowest BCUT2D eigenvalue weighted by molar-refractivity contribution is 0.0690. The van der Waals surface area contributed by atoms with E-state index in [1.807, 2.05) is 6.92 Å². The van der Waals surface area contributed by atoms with Crippen molar-refractivity contribution < 1.29 is 14.7 Å². The zero-order valence-electron chi connectivity index (χ0n) is 16.6. The van der Waals surface area contributed by atoms with Gasteiger partial charge >= 0.3 is 5.97 Å². The van der Waals surface area contributed by atoms with E-state index in [4.69, 9.17) is 0 Å². The zero-order chi connectivity index (χ0) is 19.5. The molecule has 1 amide bonds. The Labute approximate surface area is 156 Å². The number of unbranched alkanes of at least 4 members (excludes halogenated alkanes) is 4. The number of carbonyl (C=O) groups is 2. The molecule has 7 nitrogen and oxygen atoms in total. The van der Waals surface area contributed by atoms with E-state index in [0.717, 1.165) is 32.5 Å². The number of nitrogens with zero attached hydrogens (tertiary/aromatic N) is 3. The molecule has 0 aliphatic rings. The Morgan fingerprint density at radius 1 is 1.19 bits per heavy atom. The number of hydrogen-bond acceptors (Lipinski definition) is 4. The highest BCUT2D eigenvalue weighted by molar-refractivity contribution is 6.03. The quantitative estimate of drug-likeness (QED) is 0.524. The van der Waals surface area contributed by atoms with Gasteiger partial charge in [0.15, 0.2) is 5.69 Å². The number of rotatable bonds is 13. The van der Waals surface area contributed by atoms with Crippen molar-refractivity contribution in [1.29, 1.82) is 0 Å². The molecule has 0 aromatic carbocycles. The Morgan fingerprint density at radius 3 is 2.27 bits per heavy atom. The van der Waals surface area contributed by atoms with Gasteiger partial charge in [-0.25, -0.2) is 4.79 Å². The first-order chi connectivity index (χ1) is 12.4. The molecule has 7 heteroatoms. The molecule has 1 aromatic heterocycles. The van der Waals surface area contributed by atoms with E-state index in [0.29, 0.717) is 0 Å². The molecule has 1 rings (SSSR count). The minimum Gasteiger partial charge on any atom is -0.478 e. The highest BCUT2D eigenvalue weighted by atomic mass is 16.4. The second-order valence-electron chi connectivity index (χ2n) is 6.96. The number of nitrogens with one attached hydrogen (secondary N) is 1. The second-order valence-corrected chi connectivity index (χ2v) is 6.96. The Kier molecular flexibility index (Phi) is 9.95. The highest BCUT2D eigenvalue weighted by Crippen LogP contribution is 2.08. The van der Waals surface area contributed by atoms with E-state index in [1.165, 1.54) is 36.6 Å². The summed E-state index contributed by atoms with van der Waals surface area (Å²) in [4.78, 5) is 26.1. The summed E-state index contributed by atoms with van der Waals surface area (Å²) < 4.78 is 1.35. The maximum atomic E-state index is 12.4.